The summed E-state index contributed by atoms with van der Waals surface area (Å²) in [5.74, 6) is 0. The van der Waals surface area contributed by atoms with Gasteiger partial charge in [-0.1, -0.05) is 0 Å². The van der Waals surface area contributed by atoms with Crippen LogP contribution in [-0.4, -0.2) is 28.4 Å². The molecule has 2 rings (SSSR count). The number of hydrogen-bond donors (Lipinski definition) is 2. The van der Waals surface area contributed by atoms with Crippen LogP contribution in [0.15, 0.2) is 18.5 Å². The monoisotopic (exact) mass is 208 g/mol. The molecule has 1 heterocycles. The number of aromatic nitrogens is 2. The van der Waals surface area contributed by atoms with Crippen LogP contribution < -0.4 is 10.6 Å². The molecule has 5 nitrogen and oxygen atoms in total. The summed E-state index contributed by atoms with van der Waals surface area (Å²) in [6, 6.07) is 2.28. The molecule has 0 unspecified atom stereocenters. The van der Waals surface area contributed by atoms with Crippen molar-refractivity contribution in [3.05, 3.63) is 18.5 Å². The fraction of sp³-hybridized carbons (Fsp3) is 0.600. The van der Waals surface area contributed by atoms with Crippen molar-refractivity contribution < 1.29 is 4.79 Å². The summed E-state index contributed by atoms with van der Waals surface area (Å²) in [7, 11) is 0. The first-order chi connectivity index (χ1) is 7.34. The van der Waals surface area contributed by atoms with Crippen molar-refractivity contribution in [2.24, 2.45) is 0 Å². The first kappa shape index (κ1) is 10.0. The normalized spacial score (nSPS) is 14.9. The van der Waals surface area contributed by atoms with E-state index in [9.17, 15) is 4.79 Å². The maximum absolute atomic E-state index is 11.2. The highest BCUT2D eigenvalue weighted by atomic mass is 16.2. The number of nitrogens with one attached hydrogen (secondary N) is 2. The maximum Gasteiger partial charge on any atom is 0.315 e. The Balaban J connectivity index is 1.52. The molecule has 1 aromatic heterocycles. The molecule has 1 fully saturated rings. The number of carbonyl (C=O) groups excluding carboxylic acids is 1. The third-order valence-electron chi connectivity index (χ3n) is 2.32. The lowest BCUT2D eigenvalue weighted by Gasteiger charge is -2.06. The molecule has 0 bridgehead atoms. The summed E-state index contributed by atoms with van der Waals surface area (Å²) < 4.78 is 1.86. The lowest BCUT2D eigenvalue weighted by atomic mass is 10.4. The summed E-state index contributed by atoms with van der Waals surface area (Å²) in [6.45, 7) is 1.54. The average Bonchev–Trinajstić information content (AvgIpc) is 2.87. The number of hydrogen-bond acceptors (Lipinski definition) is 2. The molecule has 0 spiro atoms. The standard InChI is InChI=1S/C10H16N4O/c15-10(13-9-3-4-9)11-5-1-7-14-8-2-6-12-14/h2,6,8-9H,1,3-5,7H2,(H2,11,13,15). The van der Waals surface area contributed by atoms with Crippen molar-refractivity contribution in [1.82, 2.24) is 20.4 Å². The van der Waals surface area contributed by atoms with E-state index in [0.717, 1.165) is 25.8 Å². The number of urea groups is 1. The van der Waals surface area contributed by atoms with E-state index >= 15 is 0 Å². The second kappa shape index (κ2) is 4.82. The lowest BCUT2D eigenvalue weighted by Crippen LogP contribution is -2.37. The van der Waals surface area contributed by atoms with Crippen LogP contribution in [0.4, 0.5) is 4.79 Å². The van der Waals surface area contributed by atoms with Gasteiger partial charge in [0.2, 0.25) is 0 Å². The van der Waals surface area contributed by atoms with E-state index in [0.29, 0.717) is 12.6 Å². The van der Waals surface area contributed by atoms with Gasteiger partial charge < -0.3 is 10.6 Å². The van der Waals surface area contributed by atoms with Gasteiger partial charge in [0.25, 0.3) is 0 Å². The molecule has 1 aromatic rings. The minimum atomic E-state index is -0.0436. The second-order valence-electron chi connectivity index (χ2n) is 3.80. The van der Waals surface area contributed by atoms with Crippen LogP contribution in [0, 0.1) is 0 Å². The van der Waals surface area contributed by atoms with Crippen molar-refractivity contribution in [3.63, 3.8) is 0 Å². The second-order valence-corrected chi connectivity index (χ2v) is 3.80. The zero-order valence-corrected chi connectivity index (χ0v) is 8.65. The highest BCUT2D eigenvalue weighted by Crippen LogP contribution is 2.18. The van der Waals surface area contributed by atoms with Gasteiger partial charge in [-0.3, -0.25) is 4.68 Å². The molecule has 0 aliphatic heterocycles. The molecule has 1 saturated carbocycles. The van der Waals surface area contributed by atoms with E-state index in [4.69, 9.17) is 0 Å². The van der Waals surface area contributed by atoms with Gasteiger partial charge in [0.1, 0.15) is 0 Å². The fourth-order valence-corrected chi connectivity index (χ4v) is 1.34. The van der Waals surface area contributed by atoms with Gasteiger partial charge in [0.05, 0.1) is 0 Å². The van der Waals surface area contributed by atoms with Crippen LogP contribution >= 0.6 is 0 Å². The van der Waals surface area contributed by atoms with Gasteiger partial charge in [-0.15, -0.1) is 0 Å². The third-order valence-corrected chi connectivity index (χ3v) is 2.32. The molecule has 1 aliphatic carbocycles. The Kier molecular flexibility index (Phi) is 3.22. The quantitative estimate of drug-likeness (QED) is 0.701. The number of nitrogens with zero attached hydrogens (tertiary/aromatic N) is 2. The fourth-order valence-electron chi connectivity index (χ4n) is 1.34. The molecular weight excluding hydrogens is 192 g/mol. The summed E-state index contributed by atoms with van der Waals surface area (Å²) in [6.07, 6.45) is 6.83. The van der Waals surface area contributed by atoms with Crippen molar-refractivity contribution in [2.75, 3.05) is 6.54 Å². The van der Waals surface area contributed by atoms with Crippen molar-refractivity contribution in [3.8, 4) is 0 Å². The summed E-state index contributed by atoms with van der Waals surface area (Å²) in [5.41, 5.74) is 0. The predicted octanol–water partition coefficient (Wildman–Crippen LogP) is 0.735. The van der Waals surface area contributed by atoms with Gasteiger partial charge in [-0.25, -0.2) is 4.79 Å². The Morgan fingerprint density at radius 2 is 2.40 bits per heavy atom. The van der Waals surface area contributed by atoms with Crippen molar-refractivity contribution in [1.29, 1.82) is 0 Å². The van der Waals surface area contributed by atoms with E-state index in [2.05, 4.69) is 15.7 Å². The largest absolute Gasteiger partial charge is 0.338 e. The molecule has 2 amide bonds. The highest BCUT2D eigenvalue weighted by molar-refractivity contribution is 5.74. The van der Waals surface area contributed by atoms with Crippen LogP contribution in [0.1, 0.15) is 19.3 Å². The molecule has 0 saturated heterocycles. The van der Waals surface area contributed by atoms with Gasteiger partial charge in [0, 0.05) is 31.5 Å². The Morgan fingerprint density at radius 1 is 1.53 bits per heavy atom. The van der Waals surface area contributed by atoms with E-state index in [1.54, 1.807) is 6.20 Å². The van der Waals surface area contributed by atoms with E-state index < -0.39 is 0 Å². The Hall–Kier alpha value is -1.52. The van der Waals surface area contributed by atoms with Crippen LogP contribution in [-0.2, 0) is 6.54 Å². The molecule has 0 radical (unpaired) electrons. The Bertz CT molecular complexity index is 305. The van der Waals surface area contributed by atoms with Crippen molar-refractivity contribution in [2.45, 2.75) is 31.8 Å². The van der Waals surface area contributed by atoms with Crippen LogP contribution in [0.2, 0.25) is 0 Å². The highest BCUT2D eigenvalue weighted by Gasteiger charge is 2.22. The topological polar surface area (TPSA) is 59.0 Å². The summed E-state index contributed by atoms with van der Waals surface area (Å²) in [5, 5.41) is 9.78. The molecule has 1 aliphatic rings. The lowest BCUT2D eigenvalue weighted by molar-refractivity contribution is 0.240. The number of carbonyl (C=O) groups is 1. The van der Waals surface area contributed by atoms with Crippen LogP contribution in [0.5, 0.6) is 0 Å². The summed E-state index contributed by atoms with van der Waals surface area (Å²) in [4.78, 5) is 11.2. The molecule has 5 heteroatoms. The zero-order chi connectivity index (χ0) is 10.5. The third kappa shape index (κ3) is 3.61. The molecule has 2 N–H and O–H groups in total. The predicted molar refractivity (Wildman–Crippen MR) is 56.4 cm³/mol. The zero-order valence-electron chi connectivity index (χ0n) is 8.65. The van der Waals surface area contributed by atoms with E-state index in [1.807, 2.05) is 16.9 Å². The average molecular weight is 208 g/mol. The van der Waals surface area contributed by atoms with Crippen LogP contribution in [0.3, 0.4) is 0 Å². The molecule has 82 valence electrons. The smallest absolute Gasteiger partial charge is 0.315 e. The molecule has 0 aromatic carbocycles. The van der Waals surface area contributed by atoms with Crippen LogP contribution in [0.25, 0.3) is 0 Å². The van der Waals surface area contributed by atoms with Gasteiger partial charge in [0.15, 0.2) is 0 Å². The van der Waals surface area contributed by atoms with Crippen molar-refractivity contribution >= 4 is 6.03 Å². The first-order valence-electron chi connectivity index (χ1n) is 5.36. The van der Waals surface area contributed by atoms with Gasteiger partial charge in [-0.05, 0) is 25.3 Å². The number of rotatable bonds is 5. The van der Waals surface area contributed by atoms with Gasteiger partial charge in [-0.2, -0.15) is 5.10 Å². The Labute approximate surface area is 88.8 Å². The Morgan fingerprint density at radius 3 is 3.07 bits per heavy atom. The maximum atomic E-state index is 11.2. The van der Waals surface area contributed by atoms with Gasteiger partial charge >= 0.3 is 6.03 Å². The summed E-state index contributed by atoms with van der Waals surface area (Å²) >= 11 is 0. The molecule has 15 heavy (non-hydrogen) atoms. The SMILES string of the molecule is O=C(NCCCn1cccn1)NC1CC1. The number of aryl methyl sites for hydroxylation is 1. The number of amides is 2. The molecular formula is C10H16N4O. The minimum absolute atomic E-state index is 0.0436. The van der Waals surface area contributed by atoms with E-state index in [-0.39, 0.29) is 6.03 Å². The van der Waals surface area contributed by atoms with E-state index in [1.165, 1.54) is 0 Å². The minimum Gasteiger partial charge on any atom is -0.338 e. The first-order valence-corrected chi connectivity index (χ1v) is 5.36. The molecule has 0 atom stereocenters.